The van der Waals surface area contributed by atoms with Gasteiger partial charge in [0.15, 0.2) is 5.12 Å². The number of anilines is 1. The second-order valence-electron chi connectivity index (χ2n) is 4.67. The molecule has 0 spiro atoms. The number of thioether (sulfide) groups is 1. The zero-order chi connectivity index (χ0) is 14.0. The summed E-state index contributed by atoms with van der Waals surface area (Å²) in [6.45, 7) is 4.15. The lowest BCUT2D eigenvalue weighted by Gasteiger charge is -2.17. The second kappa shape index (κ2) is 6.05. The van der Waals surface area contributed by atoms with Gasteiger partial charge in [0, 0.05) is 36.3 Å². The molecule has 1 amide bonds. The summed E-state index contributed by atoms with van der Waals surface area (Å²) in [6.07, 6.45) is 2.20. The Balaban J connectivity index is 2.09. The predicted molar refractivity (Wildman–Crippen MR) is 80.3 cm³/mol. The van der Waals surface area contributed by atoms with Crippen LogP contribution in [0.1, 0.15) is 18.9 Å². The molecule has 1 fully saturated rings. The maximum Gasteiger partial charge on any atom is 0.228 e. The number of carbonyl (C=O) groups excluding carboxylic acids is 2. The largest absolute Gasteiger partial charge is 0.296 e. The highest BCUT2D eigenvalue weighted by Gasteiger charge is 2.32. The zero-order valence-corrected chi connectivity index (χ0v) is 13.3. The van der Waals surface area contributed by atoms with Crippen molar-refractivity contribution in [3.05, 3.63) is 22.3 Å². The third-order valence-electron chi connectivity index (χ3n) is 3.00. The van der Waals surface area contributed by atoms with Crippen molar-refractivity contribution in [2.24, 2.45) is 5.92 Å². The monoisotopic (exact) mass is 342 g/mol. The van der Waals surface area contributed by atoms with Crippen molar-refractivity contribution < 1.29 is 9.59 Å². The molecular formula is C13H15BrN2O2S. The molecule has 0 aromatic carbocycles. The molecule has 0 N–H and O–H groups in total. The fraction of sp³-hybridized carbons (Fsp3) is 0.462. The number of halogens is 1. The molecule has 0 saturated carbocycles. The Morgan fingerprint density at radius 3 is 3.00 bits per heavy atom. The molecule has 1 unspecified atom stereocenters. The van der Waals surface area contributed by atoms with Crippen LogP contribution >= 0.6 is 27.7 Å². The van der Waals surface area contributed by atoms with Gasteiger partial charge in [-0.2, -0.15) is 0 Å². The van der Waals surface area contributed by atoms with E-state index in [1.807, 2.05) is 13.0 Å². The number of aromatic nitrogens is 1. The molecule has 6 heteroatoms. The molecule has 0 radical (unpaired) electrons. The van der Waals surface area contributed by atoms with Crippen molar-refractivity contribution in [2.75, 3.05) is 17.2 Å². The fourth-order valence-corrected chi connectivity index (χ4v) is 3.29. The first-order valence-electron chi connectivity index (χ1n) is 6.03. The normalized spacial score (nSPS) is 19.0. The molecule has 2 rings (SSSR count). The quantitative estimate of drug-likeness (QED) is 0.847. The molecule has 1 saturated heterocycles. The van der Waals surface area contributed by atoms with Gasteiger partial charge in [-0.25, -0.2) is 4.98 Å². The van der Waals surface area contributed by atoms with Gasteiger partial charge in [-0.3, -0.25) is 14.5 Å². The minimum Gasteiger partial charge on any atom is -0.296 e. The Morgan fingerprint density at radius 1 is 1.63 bits per heavy atom. The lowest BCUT2D eigenvalue weighted by molar-refractivity contribution is -0.117. The number of amides is 1. The lowest BCUT2D eigenvalue weighted by atomic mass is 10.1. The highest BCUT2D eigenvalue weighted by Crippen LogP contribution is 2.29. The number of carbonyl (C=O) groups is 2. The Kier molecular flexibility index (Phi) is 4.62. The standard InChI is InChI=1S/C13H15BrN2O2S/c1-8-3-11(14)5-15-13(8)16-6-10(4-12(16)18)7-19-9(2)17/h3,5,10H,4,6-7H2,1-2H3. The second-order valence-corrected chi connectivity index (χ2v) is 6.78. The molecule has 1 atom stereocenters. The third kappa shape index (κ3) is 3.57. The number of nitrogens with zero attached hydrogens (tertiary/aromatic N) is 2. The molecule has 1 aliphatic heterocycles. The van der Waals surface area contributed by atoms with Crippen molar-refractivity contribution in [2.45, 2.75) is 20.3 Å². The summed E-state index contributed by atoms with van der Waals surface area (Å²) in [5.74, 6) is 1.74. The molecule has 4 nitrogen and oxygen atoms in total. The van der Waals surface area contributed by atoms with E-state index in [9.17, 15) is 9.59 Å². The molecule has 0 bridgehead atoms. The average Bonchev–Trinajstić information content (AvgIpc) is 2.68. The van der Waals surface area contributed by atoms with E-state index in [0.29, 0.717) is 18.7 Å². The van der Waals surface area contributed by atoms with Crippen molar-refractivity contribution in [3.8, 4) is 0 Å². The van der Waals surface area contributed by atoms with Crippen molar-refractivity contribution in [1.82, 2.24) is 4.98 Å². The van der Waals surface area contributed by atoms with Crippen molar-refractivity contribution >= 4 is 44.5 Å². The Hall–Kier alpha value is -0.880. The van der Waals surface area contributed by atoms with E-state index in [-0.39, 0.29) is 16.9 Å². The first kappa shape index (κ1) is 14.5. The van der Waals surface area contributed by atoms with Gasteiger partial charge in [-0.05, 0) is 40.4 Å². The third-order valence-corrected chi connectivity index (χ3v) is 4.48. The van der Waals surface area contributed by atoms with Gasteiger partial charge in [0.25, 0.3) is 0 Å². The van der Waals surface area contributed by atoms with Gasteiger partial charge in [0.05, 0.1) is 0 Å². The maximum atomic E-state index is 12.0. The van der Waals surface area contributed by atoms with Gasteiger partial charge in [0.1, 0.15) is 5.82 Å². The van der Waals surface area contributed by atoms with Crippen LogP contribution in [0.4, 0.5) is 5.82 Å². The van der Waals surface area contributed by atoms with Crippen LogP contribution in [0.2, 0.25) is 0 Å². The summed E-state index contributed by atoms with van der Waals surface area (Å²) in [5.41, 5.74) is 0.975. The smallest absolute Gasteiger partial charge is 0.228 e. The number of hydrogen-bond donors (Lipinski definition) is 0. The summed E-state index contributed by atoms with van der Waals surface area (Å²) in [4.78, 5) is 29.1. The molecule has 1 aromatic rings. The minimum absolute atomic E-state index is 0.0899. The van der Waals surface area contributed by atoms with E-state index in [4.69, 9.17) is 0 Å². The van der Waals surface area contributed by atoms with Crippen LogP contribution in [0.5, 0.6) is 0 Å². The van der Waals surface area contributed by atoms with Crippen molar-refractivity contribution in [3.63, 3.8) is 0 Å². The van der Waals surface area contributed by atoms with Crippen LogP contribution in [0.3, 0.4) is 0 Å². The zero-order valence-electron chi connectivity index (χ0n) is 10.9. The SMILES string of the molecule is CC(=O)SCC1CC(=O)N(c2ncc(Br)cc2C)C1. The number of hydrogen-bond acceptors (Lipinski definition) is 4. The van der Waals surface area contributed by atoms with Crippen LogP contribution < -0.4 is 4.90 Å². The number of rotatable bonds is 3. The van der Waals surface area contributed by atoms with Crippen LogP contribution in [-0.2, 0) is 9.59 Å². The summed E-state index contributed by atoms with van der Waals surface area (Å²) in [5, 5.41) is 0.101. The molecule has 19 heavy (non-hydrogen) atoms. The van der Waals surface area contributed by atoms with Crippen LogP contribution in [-0.4, -0.2) is 28.3 Å². The first-order valence-corrected chi connectivity index (χ1v) is 7.81. The highest BCUT2D eigenvalue weighted by atomic mass is 79.9. The topological polar surface area (TPSA) is 50.3 Å². The van der Waals surface area contributed by atoms with E-state index in [1.54, 1.807) is 18.0 Å². The minimum atomic E-state index is 0.0899. The van der Waals surface area contributed by atoms with Crippen LogP contribution in [0, 0.1) is 12.8 Å². The Bertz CT molecular complexity index is 521. The molecular weight excluding hydrogens is 328 g/mol. The highest BCUT2D eigenvalue weighted by molar-refractivity contribution is 9.10. The summed E-state index contributed by atoms with van der Waals surface area (Å²) in [7, 11) is 0. The summed E-state index contributed by atoms with van der Waals surface area (Å²) < 4.78 is 0.907. The molecule has 2 heterocycles. The predicted octanol–water partition coefficient (Wildman–Crippen LogP) is 2.79. The number of aryl methyl sites for hydroxylation is 1. The Morgan fingerprint density at radius 2 is 2.37 bits per heavy atom. The van der Waals surface area contributed by atoms with E-state index in [0.717, 1.165) is 15.9 Å². The van der Waals surface area contributed by atoms with Gasteiger partial charge >= 0.3 is 0 Å². The molecule has 1 aliphatic rings. The molecule has 1 aromatic heterocycles. The van der Waals surface area contributed by atoms with Gasteiger partial charge in [-0.1, -0.05) is 11.8 Å². The van der Waals surface area contributed by atoms with Crippen LogP contribution in [0.25, 0.3) is 0 Å². The molecule has 102 valence electrons. The van der Waals surface area contributed by atoms with Crippen LogP contribution in [0.15, 0.2) is 16.7 Å². The number of pyridine rings is 1. The first-order chi connectivity index (χ1) is 8.97. The van der Waals surface area contributed by atoms with Gasteiger partial charge in [0.2, 0.25) is 5.91 Å². The summed E-state index contributed by atoms with van der Waals surface area (Å²) >= 11 is 4.65. The van der Waals surface area contributed by atoms with E-state index >= 15 is 0 Å². The average molecular weight is 343 g/mol. The van der Waals surface area contributed by atoms with Crippen molar-refractivity contribution in [1.29, 1.82) is 0 Å². The Labute approximate surface area is 125 Å². The lowest BCUT2D eigenvalue weighted by Crippen LogP contribution is -2.26. The summed E-state index contributed by atoms with van der Waals surface area (Å²) in [6, 6.07) is 1.95. The fourth-order valence-electron chi connectivity index (χ4n) is 2.15. The van der Waals surface area contributed by atoms with E-state index in [2.05, 4.69) is 20.9 Å². The van der Waals surface area contributed by atoms with E-state index < -0.39 is 0 Å². The maximum absolute atomic E-state index is 12.0. The van der Waals surface area contributed by atoms with E-state index in [1.165, 1.54) is 11.8 Å². The molecule has 0 aliphatic carbocycles. The van der Waals surface area contributed by atoms with Gasteiger partial charge in [-0.15, -0.1) is 0 Å². The van der Waals surface area contributed by atoms with Gasteiger partial charge < -0.3 is 0 Å².